The Morgan fingerprint density at radius 2 is 2.19 bits per heavy atom. The van der Waals surface area contributed by atoms with Gasteiger partial charge in [-0.2, -0.15) is 0 Å². The van der Waals surface area contributed by atoms with E-state index in [1.54, 1.807) is 0 Å². The second-order valence-corrected chi connectivity index (χ2v) is 6.70. The van der Waals surface area contributed by atoms with Crippen LogP contribution in [0.1, 0.15) is 47.0 Å². The molecule has 1 heteroatoms. The summed E-state index contributed by atoms with van der Waals surface area (Å²) in [6, 6.07) is 0. The Hall–Kier alpha value is -0.300. The van der Waals surface area contributed by atoms with Crippen molar-refractivity contribution in [3.05, 3.63) is 11.6 Å². The van der Waals surface area contributed by atoms with E-state index in [1.807, 2.05) is 0 Å². The first kappa shape index (κ1) is 10.8. The van der Waals surface area contributed by atoms with Gasteiger partial charge in [-0.1, -0.05) is 19.9 Å². The van der Waals surface area contributed by atoms with E-state index in [0.29, 0.717) is 6.10 Å². The Kier molecular flexibility index (Phi) is 2.27. The van der Waals surface area contributed by atoms with Crippen LogP contribution in [-0.2, 0) is 4.74 Å². The molecule has 1 heterocycles. The van der Waals surface area contributed by atoms with E-state index in [-0.39, 0.29) is 5.60 Å². The lowest BCUT2D eigenvalue weighted by Crippen LogP contribution is -2.44. The van der Waals surface area contributed by atoms with Crippen LogP contribution in [0, 0.1) is 23.7 Å². The molecule has 0 aromatic rings. The first-order valence-electron chi connectivity index (χ1n) is 6.87. The van der Waals surface area contributed by atoms with E-state index in [0.717, 1.165) is 23.7 Å². The number of fused-ring (bicyclic) bond motifs is 1. The van der Waals surface area contributed by atoms with E-state index in [4.69, 9.17) is 4.74 Å². The molecule has 0 amide bonds. The zero-order chi connectivity index (χ0) is 11.5. The monoisotopic (exact) mass is 220 g/mol. The highest BCUT2D eigenvalue weighted by atomic mass is 16.5. The van der Waals surface area contributed by atoms with Crippen molar-refractivity contribution in [3.8, 4) is 0 Å². The fourth-order valence-corrected chi connectivity index (χ4v) is 4.40. The molecule has 1 saturated heterocycles. The third-order valence-corrected chi connectivity index (χ3v) is 5.42. The van der Waals surface area contributed by atoms with Gasteiger partial charge in [-0.15, -0.1) is 0 Å². The molecule has 0 N–H and O–H groups in total. The lowest BCUT2D eigenvalue weighted by Gasteiger charge is -2.45. The summed E-state index contributed by atoms with van der Waals surface area (Å²) in [5.41, 5.74) is 1.69. The van der Waals surface area contributed by atoms with Crippen LogP contribution < -0.4 is 0 Å². The topological polar surface area (TPSA) is 9.23 Å². The Balaban J connectivity index is 1.98. The van der Waals surface area contributed by atoms with Crippen LogP contribution in [0.3, 0.4) is 0 Å². The number of rotatable bonds is 1. The minimum absolute atomic E-state index is 0.189. The molecule has 5 atom stereocenters. The van der Waals surface area contributed by atoms with Crippen LogP contribution in [-0.4, -0.2) is 11.7 Å². The van der Waals surface area contributed by atoms with Gasteiger partial charge in [0.25, 0.3) is 0 Å². The zero-order valence-electron chi connectivity index (χ0n) is 11.0. The Bertz CT molecular complexity index is 330. The molecule has 0 unspecified atom stereocenters. The molecule has 1 nitrogen and oxygen atoms in total. The van der Waals surface area contributed by atoms with E-state index >= 15 is 0 Å². The summed E-state index contributed by atoms with van der Waals surface area (Å²) < 4.78 is 6.32. The summed E-state index contributed by atoms with van der Waals surface area (Å²) in [4.78, 5) is 0. The molecule has 0 spiro atoms. The van der Waals surface area contributed by atoms with Gasteiger partial charge in [-0.05, 0) is 62.4 Å². The minimum atomic E-state index is 0.189. The summed E-state index contributed by atoms with van der Waals surface area (Å²) in [6.45, 7) is 9.40. The number of hydrogen-bond donors (Lipinski definition) is 0. The molecule has 16 heavy (non-hydrogen) atoms. The molecule has 0 radical (unpaired) electrons. The normalized spacial score (nSPS) is 50.7. The first-order valence-corrected chi connectivity index (χ1v) is 6.87. The zero-order valence-corrected chi connectivity index (χ0v) is 11.0. The van der Waals surface area contributed by atoms with Crippen molar-refractivity contribution in [3.63, 3.8) is 0 Å². The van der Waals surface area contributed by atoms with Crippen molar-refractivity contribution in [2.24, 2.45) is 23.7 Å². The van der Waals surface area contributed by atoms with Gasteiger partial charge in [0.1, 0.15) is 0 Å². The Labute approximate surface area is 99.3 Å². The summed E-state index contributed by atoms with van der Waals surface area (Å²) in [6.07, 6.45) is 6.90. The molecule has 0 aromatic carbocycles. The highest BCUT2D eigenvalue weighted by Gasteiger charge is 2.55. The summed E-state index contributed by atoms with van der Waals surface area (Å²) >= 11 is 0. The highest BCUT2D eigenvalue weighted by molar-refractivity contribution is 5.22. The fraction of sp³-hybridized carbons (Fsp3) is 0.867. The molecule has 0 aromatic heterocycles. The highest BCUT2D eigenvalue weighted by Crippen LogP contribution is 2.56. The molecule has 3 rings (SSSR count). The predicted molar refractivity (Wildman–Crippen MR) is 66.2 cm³/mol. The second-order valence-electron chi connectivity index (χ2n) is 6.70. The molecule has 2 bridgehead atoms. The fourth-order valence-electron chi connectivity index (χ4n) is 4.40. The van der Waals surface area contributed by atoms with Crippen LogP contribution in [0.25, 0.3) is 0 Å². The van der Waals surface area contributed by atoms with Crippen LogP contribution >= 0.6 is 0 Å². The number of ether oxygens (including phenoxy) is 1. The van der Waals surface area contributed by atoms with E-state index in [9.17, 15) is 0 Å². The van der Waals surface area contributed by atoms with E-state index < -0.39 is 0 Å². The summed E-state index contributed by atoms with van der Waals surface area (Å²) in [5.74, 6) is 3.28. The third-order valence-electron chi connectivity index (χ3n) is 5.42. The maximum absolute atomic E-state index is 6.32. The maximum Gasteiger partial charge on any atom is 0.0793 e. The standard InChI is InChI=1S/C15H24O/c1-9(2)11-5-6-15(4)13-8-14(16-15)10(3)7-12(11)13/h7,9,11-14H,5-6,8H2,1-4H3/t11-,12-,13-,14+,15+/m1/s1. The summed E-state index contributed by atoms with van der Waals surface area (Å²) in [7, 11) is 0. The average Bonchev–Trinajstić information content (AvgIpc) is 2.52. The van der Waals surface area contributed by atoms with Gasteiger partial charge in [0.15, 0.2) is 0 Å². The third kappa shape index (κ3) is 1.33. The van der Waals surface area contributed by atoms with E-state index in [1.165, 1.54) is 24.8 Å². The van der Waals surface area contributed by atoms with Gasteiger partial charge in [0, 0.05) is 0 Å². The van der Waals surface area contributed by atoms with Crippen molar-refractivity contribution in [2.45, 2.75) is 58.7 Å². The lowest BCUT2D eigenvalue weighted by atomic mass is 9.60. The number of hydrogen-bond acceptors (Lipinski definition) is 1. The van der Waals surface area contributed by atoms with Crippen molar-refractivity contribution < 1.29 is 4.74 Å². The second kappa shape index (κ2) is 3.35. The molecule has 2 fully saturated rings. The molecular formula is C15H24O. The van der Waals surface area contributed by atoms with Crippen molar-refractivity contribution in [1.82, 2.24) is 0 Å². The van der Waals surface area contributed by atoms with Crippen molar-refractivity contribution in [1.29, 1.82) is 0 Å². The molecular weight excluding hydrogens is 196 g/mol. The smallest absolute Gasteiger partial charge is 0.0793 e. The van der Waals surface area contributed by atoms with Gasteiger partial charge in [-0.25, -0.2) is 0 Å². The molecule has 1 saturated carbocycles. The molecule has 2 aliphatic carbocycles. The first-order chi connectivity index (χ1) is 7.51. The average molecular weight is 220 g/mol. The Morgan fingerprint density at radius 1 is 1.44 bits per heavy atom. The number of allylic oxidation sites excluding steroid dienone is 1. The molecule has 3 aliphatic rings. The Morgan fingerprint density at radius 3 is 2.88 bits per heavy atom. The van der Waals surface area contributed by atoms with Crippen molar-refractivity contribution in [2.75, 3.05) is 0 Å². The van der Waals surface area contributed by atoms with Crippen LogP contribution in [0.2, 0.25) is 0 Å². The van der Waals surface area contributed by atoms with Crippen LogP contribution in [0.4, 0.5) is 0 Å². The van der Waals surface area contributed by atoms with E-state index in [2.05, 4.69) is 33.8 Å². The van der Waals surface area contributed by atoms with Gasteiger partial charge >= 0.3 is 0 Å². The SMILES string of the molecule is CC1=C[C@@H]2[C@@H](C(C)C)CC[C@]3(C)O[C@H]1C[C@H]23. The van der Waals surface area contributed by atoms with Gasteiger partial charge in [0.2, 0.25) is 0 Å². The van der Waals surface area contributed by atoms with Gasteiger partial charge in [-0.3, -0.25) is 0 Å². The van der Waals surface area contributed by atoms with Gasteiger partial charge < -0.3 is 4.74 Å². The van der Waals surface area contributed by atoms with Gasteiger partial charge in [0.05, 0.1) is 11.7 Å². The predicted octanol–water partition coefficient (Wildman–Crippen LogP) is 3.79. The quantitative estimate of drug-likeness (QED) is 0.611. The van der Waals surface area contributed by atoms with Crippen LogP contribution in [0.15, 0.2) is 11.6 Å². The van der Waals surface area contributed by atoms with Crippen molar-refractivity contribution >= 4 is 0 Å². The summed E-state index contributed by atoms with van der Waals surface area (Å²) in [5, 5.41) is 0. The molecule has 1 aliphatic heterocycles. The maximum atomic E-state index is 6.32. The molecule has 90 valence electrons. The van der Waals surface area contributed by atoms with Crippen LogP contribution in [0.5, 0.6) is 0 Å². The largest absolute Gasteiger partial charge is 0.367 e. The lowest BCUT2D eigenvalue weighted by molar-refractivity contribution is -0.0710. The minimum Gasteiger partial charge on any atom is -0.367 e.